The topological polar surface area (TPSA) is 7.12 Å². The van der Waals surface area contributed by atoms with Gasteiger partial charge in [-0.05, 0) is 49.2 Å². The number of aromatic nitrogens is 1. The van der Waals surface area contributed by atoms with Crippen molar-refractivity contribution < 1.29 is 4.57 Å². The number of aryl methyl sites for hydroxylation is 2. The SMILES string of the molecule is CCN1/C(=C/c2cc[n+](C)c3ccccc23)Sc2cc(C)c(Cl)cc21. The second-order valence-corrected chi connectivity index (χ2v) is 7.77. The molecule has 0 saturated carbocycles. The highest BCUT2D eigenvalue weighted by Crippen LogP contribution is 2.48. The number of hydrogen-bond donors (Lipinski definition) is 0. The van der Waals surface area contributed by atoms with Crippen molar-refractivity contribution in [1.29, 1.82) is 0 Å². The second-order valence-electron chi connectivity index (χ2n) is 6.30. The average Bonchev–Trinajstić information content (AvgIpc) is 2.94. The van der Waals surface area contributed by atoms with Gasteiger partial charge in [0, 0.05) is 28.6 Å². The molecule has 2 heterocycles. The summed E-state index contributed by atoms with van der Waals surface area (Å²) in [6, 6.07) is 15.0. The smallest absolute Gasteiger partial charge is 0.212 e. The fourth-order valence-corrected chi connectivity index (χ4v) is 4.72. The van der Waals surface area contributed by atoms with E-state index in [1.165, 1.54) is 32.1 Å². The zero-order valence-electron chi connectivity index (χ0n) is 14.6. The van der Waals surface area contributed by atoms with Gasteiger partial charge in [0.1, 0.15) is 7.05 Å². The molecule has 0 saturated heterocycles. The molecule has 0 N–H and O–H groups in total. The van der Waals surface area contributed by atoms with Crippen molar-refractivity contribution in [3.05, 3.63) is 69.8 Å². The average molecular weight is 368 g/mol. The number of rotatable bonds is 2. The van der Waals surface area contributed by atoms with Gasteiger partial charge in [0.25, 0.3) is 0 Å². The molecule has 4 rings (SSSR count). The Kier molecular flexibility index (Phi) is 4.22. The van der Waals surface area contributed by atoms with E-state index in [0.717, 1.165) is 17.1 Å². The quantitative estimate of drug-likeness (QED) is 0.547. The van der Waals surface area contributed by atoms with Crippen LogP contribution in [-0.2, 0) is 7.05 Å². The van der Waals surface area contributed by atoms with Gasteiger partial charge in [-0.25, -0.2) is 4.57 Å². The molecule has 2 nitrogen and oxygen atoms in total. The Hall–Kier alpha value is -1.97. The Morgan fingerprint density at radius 2 is 2.00 bits per heavy atom. The summed E-state index contributed by atoms with van der Waals surface area (Å²) in [6.45, 7) is 5.16. The minimum Gasteiger partial charge on any atom is -0.335 e. The van der Waals surface area contributed by atoms with Gasteiger partial charge in [-0.1, -0.05) is 35.5 Å². The third-order valence-electron chi connectivity index (χ3n) is 4.68. The minimum atomic E-state index is 0.830. The number of anilines is 1. The summed E-state index contributed by atoms with van der Waals surface area (Å²) in [4.78, 5) is 3.62. The number of hydrogen-bond acceptors (Lipinski definition) is 2. The van der Waals surface area contributed by atoms with Gasteiger partial charge in [0.15, 0.2) is 6.20 Å². The number of halogens is 1. The molecule has 3 aromatic rings. The summed E-state index contributed by atoms with van der Waals surface area (Å²) < 4.78 is 2.16. The highest BCUT2D eigenvalue weighted by Gasteiger charge is 2.25. The Morgan fingerprint density at radius 3 is 2.80 bits per heavy atom. The summed E-state index contributed by atoms with van der Waals surface area (Å²) in [5.41, 5.74) is 4.81. The maximum absolute atomic E-state index is 6.36. The van der Waals surface area contributed by atoms with Crippen molar-refractivity contribution in [3.8, 4) is 0 Å². The normalized spacial score (nSPS) is 15.2. The van der Waals surface area contributed by atoms with E-state index in [1.54, 1.807) is 0 Å². The van der Waals surface area contributed by atoms with Crippen LogP contribution in [0.3, 0.4) is 0 Å². The Balaban J connectivity index is 1.84. The lowest BCUT2D eigenvalue weighted by molar-refractivity contribution is -0.644. The first-order valence-electron chi connectivity index (χ1n) is 8.43. The third-order valence-corrected chi connectivity index (χ3v) is 6.18. The Labute approximate surface area is 157 Å². The molecule has 0 spiro atoms. The van der Waals surface area contributed by atoms with Gasteiger partial charge in [-0.2, -0.15) is 0 Å². The van der Waals surface area contributed by atoms with Crippen molar-refractivity contribution in [2.24, 2.45) is 7.05 Å². The molecule has 1 aromatic heterocycles. The number of para-hydroxylation sites is 1. The predicted molar refractivity (Wildman–Crippen MR) is 108 cm³/mol. The summed E-state index contributed by atoms with van der Waals surface area (Å²) in [7, 11) is 2.09. The highest BCUT2D eigenvalue weighted by molar-refractivity contribution is 8.03. The molecule has 0 amide bonds. The Morgan fingerprint density at radius 1 is 1.20 bits per heavy atom. The van der Waals surface area contributed by atoms with Gasteiger partial charge < -0.3 is 4.90 Å². The molecule has 1 aliphatic heterocycles. The lowest BCUT2D eigenvalue weighted by Gasteiger charge is -2.18. The van der Waals surface area contributed by atoms with E-state index in [0.29, 0.717) is 0 Å². The summed E-state index contributed by atoms with van der Waals surface area (Å²) in [5.74, 6) is 0. The first-order valence-corrected chi connectivity index (χ1v) is 9.62. The summed E-state index contributed by atoms with van der Waals surface area (Å²) >= 11 is 8.18. The zero-order chi connectivity index (χ0) is 17.6. The van der Waals surface area contributed by atoms with Crippen LogP contribution in [0.25, 0.3) is 17.0 Å². The molecule has 4 heteroatoms. The lowest BCUT2D eigenvalue weighted by Crippen LogP contribution is -2.28. The third kappa shape index (κ3) is 2.82. The van der Waals surface area contributed by atoms with Crippen LogP contribution in [0.2, 0.25) is 5.02 Å². The maximum Gasteiger partial charge on any atom is 0.212 e. The lowest BCUT2D eigenvalue weighted by atomic mass is 10.1. The molecular weight excluding hydrogens is 348 g/mol. The predicted octanol–water partition coefficient (Wildman–Crippen LogP) is 5.56. The monoisotopic (exact) mass is 367 g/mol. The number of nitrogens with zero attached hydrogens (tertiary/aromatic N) is 2. The molecule has 0 aliphatic carbocycles. The van der Waals surface area contributed by atoms with Crippen LogP contribution in [0.5, 0.6) is 0 Å². The molecule has 0 fully saturated rings. The van der Waals surface area contributed by atoms with Crippen LogP contribution in [0.1, 0.15) is 18.1 Å². The van der Waals surface area contributed by atoms with Crippen molar-refractivity contribution in [1.82, 2.24) is 0 Å². The maximum atomic E-state index is 6.36. The number of thioether (sulfide) groups is 1. The van der Waals surface area contributed by atoms with Crippen LogP contribution < -0.4 is 9.47 Å². The van der Waals surface area contributed by atoms with Crippen LogP contribution in [0.4, 0.5) is 5.69 Å². The molecule has 2 aromatic carbocycles. The first kappa shape index (κ1) is 16.5. The van der Waals surface area contributed by atoms with Crippen LogP contribution >= 0.6 is 23.4 Å². The molecule has 0 bridgehead atoms. The molecule has 0 atom stereocenters. The molecule has 126 valence electrons. The van der Waals surface area contributed by atoms with Gasteiger partial charge >= 0.3 is 0 Å². The fourth-order valence-electron chi connectivity index (χ4n) is 3.30. The van der Waals surface area contributed by atoms with E-state index < -0.39 is 0 Å². The van der Waals surface area contributed by atoms with Gasteiger partial charge in [-0.3, -0.25) is 0 Å². The number of benzene rings is 2. The van der Waals surface area contributed by atoms with Crippen LogP contribution in [-0.4, -0.2) is 6.54 Å². The van der Waals surface area contributed by atoms with E-state index in [-0.39, 0.29) is 0 Å². The fraction of sp³-hybridized carbons (Fsp3) is 0.190. The van der Waals surface area contributed by atoms with E-state index in [1.807, 2.05) is 11.8 Å². The molecule has 1 aliphatic rings. The highest BCUT2D eigenvalue weighted by atomic mass is 35.5. The molecule has 0 radical (unpaired) electrons. The Bertz CT molecular complexity index is 1010. The largest absolute Gasteiger partial charge is 0.335 e. The van der Waals surface area contributed by atoms with Crippen molar-refractivity contribution in [3.63, 3.8) is 0 Å². The standard InChI is InChI=1S/C21H20ClN2S/c1-4-24-19-13-17(22)14(2)11-20(19)25-21(24)12-15-9-10-23(3)18-8-6-5-7-16(15)18/h5-13H,4H2,1-3H3/q+1. The van der Waals surface area contributed by atoms with E-state index in [4.69, 9.17) is 11.6 Å². The van der Waals surface area contributed by atoms with E-state index >= 15 is 0 Å². The zero-order valence-corrected chi connectivity index (χ0v) is 16.2. The molecule has 0 unspecified atom stereocenters. The number of pyridine rings is 1. The van der Waals surface area contributed by atoms with Crippen LogP contribution in [0.15, 0.2) is 58.6 Å². The molecule has 25 heavy (non-hydrogen) atoms. The number of fused-ring (bicyclic) bond motifs is 2. The van der Waals surface area contributed by atoms with Crippen molar-refractivity contribution >= 4 is 46.0 Å². The minimum absolute atomic E-state index is 0.830. The van der Waals surface area contributed by atoms with Gasteiger partial charge in [0.05, 0.1) is 16.1 Å². The first-order chi connectivity index (χ1) is 12.1. The van der Waals surface area contributed by atoms with Gasteiger partial charge in [0.2, 0.25) is 5.52 Å². The molecular formula is C21H20ClN2S+. The summed E-state index contributed by atoms with van der Waals surface area (Å²) in [5, 5.41) is 3.34. The van der Waals surface area contributed by atoms with Gasteiger partial charge in [-0.15, -0.1) is 0 Å². The van der Waals surface area contributed by atoms with E-state index in [9.17, 15) is 0 Å². The van der Waals surface area contributed by atoms with Crippen molar-refractivity contribution in [2.45, 2.75) is 18.7 Å². The summed E-state index contributed by atoms with van der Waals surface area (Å²) in [6.07, 6.45) is 4.42. The van der Waals surface area contributed by atoms with Crippen LogP contribution in [0, 0.1) is 6.92 Å². The van der Waals surface area contributed by atoms with E-state index in [2.05, 4.69) is 85.1 Å². The van der Waals surface area contributed by atoms with Crippen molar-refractivity contribution in [2.75, 3.05) is 11.4 Å². The second kappa shape index (κ2) is 6.40.